The highest BCUT2D eigenvalue weighted by molar-refractivity contribution is 9.11. The van der Waals surface area contributed by atoms with Crippen molar-refractivity contribution in [3.8, 4) is 0 Å². The van der Waals surface area contributed by atoms with E-state index in [9.17, 15) is 4.79 Å². The molecule has 0 radical (unpaired) electrons. The third-order valence-corrected chi connectivity index (χ3v) is 3.00. The number of halogens is 2. The fraction of sp³-hybridized carbons (Fsp3) is 0.364. The Morgan fingerprint density at radius 2 is 2.13 bits per heavy atom. The Morgan fingerprint density at radius 3 is 2.80 bits per heavy atom. The van der Waals surface area contributed by atoms with Gasteiger partial charge in [0.15, 0.2) is 5.78 Å². The van der Waals surface area contributed by atoms with Crippen molar-refractivity contribution in [2.45, 2.75) is 13.3 Å². The summed E-state index contributed by atoms with van der Waals surface area (Å²) in [5, 5.41) is 0. The topological polar surface area (TPSA) is 26.3 Å². The lowest BCUT2D eigenvalue weighted by atomic mass is 10.1. The monoisotopic (exact) mass is 334 g/mol. The van der Waals surface area contributed by atoms with E-state index in [2.05, 4.69) is 31.9 Å². The van der Waals surface area contributed by atoms with E-state index >= 15 is 0 Å². The molecule has 82 valence electrons. The van der Waals surface area contributed by atoms with E-state index in [-0.39, 0.29) is 12.4 Å². The van der Waals surface area contributed by atoms with Gasteiger partial charge in [0, 0.05) is 21.1 Å². The number of ketones is 1. The number of hydrogen-bond acceptors (Lipinski definition) is 2. The summed E-state index contributed by atoms with van der Waals surface area (Å²) >= 11 is 6.68. The Balaban J connectivity index is 2.68. The van der Waals surface area contributed by atoms with Gasteiger partial charge in [-0.2, -0.15) is 0 Å². The summed E-state index contributed by atoms with van der Waals surface area (Å²) in [6.07, 6.45) is 0.924. The summed E-state index contributed by atoms with van der Waals surface area (Å²) in [6.45, 7) is 2.78. The fourth-order valence-corrected chi connectivity index (χ4v) is 1.93. The van der Waals surface area contributed by atoms with Gasteiger partial charge in [-0.15, -0.1) is 0 Å². The molecule has 1 rings (SSSR count). The summed E-state index contributed by atoms with van der Waals surface area (Å²) in [7, 11) is 0. The third kappa shape index (κ3) is 4.05. The predicted molar refractivity (Wildman–Crippen MR) is 67.3 cm³/mol. The maximum atomic E-state index is 11.7. The average molecular weight is 336 g/mol. The van der Waals surface area contributed by atoms with Crippen molar-refractivity contribution < 1.29 is 9.53 Å². The van der Waals surface area contributed by atoms with Gasteiger partial charge in [-0.05, 0) is 24.6 Å². The molecule has 2 nitrogen and oxygen atoms in total. The Labute approximate surface area is 106 Å². The van der Waals surface area contributed by atoms with Crippen LogP contribution in [0.15, 0.2) is 27.1 Å². The molecule has 0 N–H and O–H groups in total. The van der Waals surface area contributed by atoms with E-state index in [1.807, 2.05) is 19.1 Å². The van der Waals surface area contributed by atoms with Crippen LogP contribution in [0.1, 0.15) is 23.7 Å². The minimum Gasteiger partial charge on any atom is -0.373 e. The first-order valence-corrected chi connectivity index (χ1v) is 6.29. The molecule has 15 heavy (non-hydrogen) atoms. The van der Waals surface area contributed by atoms with Crippen molar-refractivity contribution in [1.29, 1.82) is 0 Å². The second kappa shape index (κ2) is 6.40. The normalized spacial score (nSPS) is 10.3. The first-order chi connectivity index (χ1) is 7.15. The molecule has 0 amide bonds. The van der Waals surface area contributed by atoms with Gasteiger partial charge in [-0.25, -0.2) is 0 Å². The molecule has 1 aromatic carbocycles. The van der Waals surface area contributed by atoms with Crippen LogP contribution in [-0.4, -0.2) is 19.0 Å². The molecule has 0 aliphatic rings. The zero-order valence-electron chi connectivity index (χ0n) is 8.43. The zero-order valence-corrected chi connectivity index (χ0v) is 11.6. The first-order valence-electron chi connectivity index (χ1n) is 4.71. The summed E-state index contributed by atoms with van der Waals surface area (Å²) in [6, 6.07) is 5.52. The van der Waals surface area contributed by atoms with Crippen LogP contribution in [0, 0.1) is 0 Å². The number of hydrogen-bond donors (Lipinski definition) is 0. The van der Waals surface area contributed by atoms with E-state index in [1.165, 1.54) is 0 Å². The number of Topliss-reactive ketones (excluding diaryl/α,β-unsaturated/α-hetero) is 1. The largest absolute Gasteiger partial charge is 0.373 e. The van der Waals surface area contributed by atoms with Crippen LogP contribution in [0.25, 0.3) is 0 Å². The van der Waals surface area contributed by atoms with Gasteiger partial charge in [-0.1, -0.05) is 38.8 Å². The molecule has 0 heterocycles. The fourth-order valence-electron chi connectivity index (χ4n) is 1.10. The quantitative estimate of drug-likeness (QED) is 0.604. The Morgan fingerprint density at radius 1 is 1.40 bits per heavy atom. The third-order valence-electron chi connectivity index (χ3n) is 1.81. The molecule has 0 unspecified atom stereocenters. The first kappa shape index (κ1) is 12.9. The molecular weight excluding hydrogens is 324 g/mol. The molecule has 0 aliphatic heterocycles. The maximum Gasteiger partial charge on any atom is 0.189 e. The molecule has 0 aliphatic carbocycles. The predicted octanol–water partition coefficient (Wildman–Crippen LogP) is 3.82. The van der Waals surface area contributed by atoms with E-state index < -0.39 is 0 Å². The maximum absolute atomic E-state index is 11.7. The molecule has 0 aromatic heterocycles. The van der Waals surface area contributed by atoms with Gasteiger partial charge in [-0.3, -0.25) is 4.79 Å². The van der Waals surface area contributed by atoms with Crippen LogP contribution < -0.4 is 0 Å². The molecule has 0 bridgehead atoms. The average Bonchev–Trinajstić information content (AvgIpc) is 2.22. The molecule has 0 atom stereocenters. The van der Waals surface area contributed by atoms with Crippen LogP contribution in [0.5, 0.6) is 0 Å². The summed E-state index contributed by atoms with van der Waals surface area (Å²) in [5.41, 5.74) is 0.653. The smallest absolute Gasteiger partial charge is 0.189 e. The van der Waals surface area contributed by atoms with Crippen LogP contribution in [0.3, 0.4) is 0 Å². The van der Waals surface area contributed by atoms with Crippen molar-refractivity contribution in [2.75, 3.05) is 13.2 Å². The molecule has 1 aromatic rings. The highest BCUT2D eigenvalue weighted by atomic mass is 79.9. The molecule has 0 fully saturated rings. The molecule has 0 saturated heterocycles. The lowest BCUT2D eigenvalue weighted by Crippen LogP contribution is -2.10. The van der Waals surface area contributed by atoms with E-state index in [4.69, 9.17) is 4.74 Å². The minimum atomic E-state index is -0.00312. The van der Waals surface area contributed by atoms with Gasteiger partial charge in [0.2, 0.25) is 0 Å². The Bertz CT molecular complexity index is 350. The second-order valence-electron chi connectivity index (χ2n) is 3.10. The van der Waals surface area contributed by atoms with Crippen molar-refractivity contribution in [3.63, 3.8) is 0 Å². The lowest BCUT2D eigenvalue weighted by Gasteiger charge is -2.05. The van der Waals surface area contributed by atoms with Crippen LogP contribution in [0.2, 0.25) is 0 Å². The summed E-state index contributed by atoms with van der Waals surface area (Å²) in [5.74, 6) is -0.00312. The standard InChI is InChI=1S/C11H12Br2O2/c1-2-5-15-7-11(14)9-6-8(12)3-4-10(9)13/h3-4,6H,2,5,7H2,1H3. The highest BCUT2D eigenvalue weighted by Crippen LogP contribution is 2.21. The van der Waals surface area contributed by atoms with Gasteiger partial charge >= 0.3 is 0 Å². The number of carbonyl (C=O) groups excluding carboxylic acids is 1. The summed E-state index contributed by atoms with van der Waals surface area (Å²) < 4.78 is 6.90. The van der Waals surface area contributed by atoms with Crippen LogP contribution in [0.4, 0.5) is 0 Å². The summed E-state index contributed by atoms with van der Waals surface area (Å²) in [4.78, 5) is 11.7. The van der Waals surface area contributed by atoms with Crippen molar-refractivity contribution >= 4 is 37.6 Å². The molecule has 0 spiro atoms. The molecule has 0 saturated carbocycles. The number of ether oxygens (including phenoxy) is 1. The van der Waals surface area contributed by atoms with Gasteiger partial charge in [0.1, 0.15) is 6.61 Å². The van der Waals surface area contributed by atoms with E-state index in [0.717, 1.165) is 15.4 Å². The van der Waals surface area contributed by atoms with E-state index in [1.54, 1.807) is 6.07 Å². The number of rotatable bonds is 5. The molecular formula is C11H12Br2O2. The Hall–Kier alpha value is -0.190. The van der Waals surface area contributed by atoms with Crippen molar-refractivity contribution in [3.05, 3.63) is 32.7 Å². The number of carbonyl (C=O) groups is 1. The van der Waals surface area contributed by atoms with Crippen LogP contribution in [-0.2, 0) is 4.74 Å². The van der Waals surface area contributed by atoms with Gasteiger partial charge in [0.25, 0.3) is 0 Å². The van der Waals surface area contributed by atoms with Crippen LogP contribution >= 0.6 is 31.9 Å². The lowest BCUT2D eigenvalue weighted by molar-refractivity contribution is 0.0760. The van der Waals surface area contributed by atoms with E-state index in [0.29, 0.717) is 12.2 Å². The second-order valence-corrected chi connectivity index (χ2v) is 4.87. The molecule has 4 heteroatoms. The van der Waals surface area contributed by atoms with Crippen molar-refractivity contribution in [2.24, 2.45) is 0 Å². The van der Waals surface area contributed by atoms with Crippen molar-refractivity contribution in [1.82, 2.24) is 0 Å². The zero-order chi connectivity index (χ0) is 11.3. The Kier molecular flexibility index (Phi) is 5.50. The van der Waals surface area contributed by atoms with Gasteiger partial charge < -0.3 is 4.74 Å². The van der Waals surface area contributed by atoms with Gasteiger partial charge in [0.05, 0.1) is 0 Å². The number of benzene rings is 1. The highest BCUT2D eigenvalue weighted by Gasteiger charge is 2.10. The minimum absolute atomic E-state index is 0.00312. The SMILES string of the molecule is CCCOCC(=O)c1cc(Br)ccc1Br.